The minimum absolute atomic E-state index is 0.188. The topological polar surface area (TPSA) is 93.4 Å². The summed E-state index contributed by atoms with van der Waals surface area (Å²) in [5.74, 6) is -0.538. The van der Waals surface area contributed by atoms with Crippen LogP contribution in [0.2, 0.25) is 5.02 Å². The van der Waals surface area contributed by atoms with E-state index in [1.54, 1.807) is 38.2 Å². The summed E-state index contributed by atoms with van der Waals surface area (Å²) in [6.07, 6.45) is 0. The van der Waals surface area contributed by atoms with Gasteiger partial charge in [-0.1, -0.05) is 29.8 Å². The van der Waals surface area contributed by atoms with Crippen LogP contribution in [0.1, 0.15) is 50.5 Å². The van der Waals surface area contributed by atoms with Gasteiger partial charge in [-0.15, -0.1) is 0 Å². The number of carboxylic acid groups (broad SMARTS) is 1. The molecular formula is C22H22ClN3O4. The van der Waals surface area contributed by atoms with Crippen molar-refractivity contribution in [2.45, 2.75) is 26.8 Å². The lowest BCUT2D eigenvalue weighted by Gasteiger charge is -2.15. The van der Waals surface area contributed by atoms with Gasteiger partial charge in [-0.25, -0.2) is 9.48 Å². The van der Waals surface area contributed by atoms with E-state index in [9.17, 15) is 9.59 Å². The van der Waals surface area contributed by atoms with Crippen molar-refractivity contribution in [3.8, 4) is 11.6 Å². The molecule has 0 spiro atoms. The summed E-state index contributed by atoms with van der Waals surface area (Å²) in [5, 5.41) is 16.8. The highest BCUT2D eigenvalue weighted by Crippen LogP contribution is 2.30. The van der Waals surface area contributed by atoms with E-state index in [0.29, 0.717) is 27.9 Å². The number of ether oxygens (including phenoxy) is 1. The summed E-state index contributed by atoms with van der Waals surface area (Å²) >= 11 is 6.18. The summed E-state index contributed by atoms with van der Waals surface area (Å²) in [4.78, 5) is 24.0. The highest BCUT2D eigenvalue weighted by Gasteiger charge is 2.24. The van der Waals surface area contributed by atoms with E-state index in [4.69, 9.17) is 21.4 Å². The van der Waals surface area contributed by atoms with Gasteiger partial charge in [0.1, 0.15) is 11.3 Å². The van der Waals surface area contributed by atoms with E-state index in [1.807, 2.05) is 19.9 Å². The molecule has 1 atom stereocenters. The van der Waals surface area contributed by atoms with Crippen molar-refractivity contribution < 1.29 is 19.4 Å². The zero-order chi connectivity index (χ0) is 22.0. The zero-order valence-electron chi connectivity index (χ0n) is 17.1. The molecule has 2 N–H and O–H groups in total. The fourth-order valence-electron chi connectivity index (χ4n) is 3.03. The number of amides is 1. The third-order valence-corrected chi connectivity index (χ3v) is 5.17. The molecule has 156 valence electrons. The van der Waals surface area contributed by atoms with Crippen molar-refractivity contribution in [2.75, 3.05) is 0 Å². The van der Waals surface area contributed by atoms with E-state index in [0.717, 1.165) is 11.1 Å². The van der Waals surface area contributed by atoms with Gasteiger partial charge >= 0.3 is 5.97 Å². The Morgan fingerprint density at radius 1 is 1.17 bits per heavy atom. The number of nitrogens with zero attached hydrogens (tertiary/aromatic N) is 2. The molecule has 0 aliphatic rings. The maximum absolute atomic E-state index is 13.0. The number of aromatic carboxylic acids is 1. The standard InChI is InChI=1S/C22H22ClN3O4/c1-12-5-10-17(11-18(12)23)30-21-19(14(3)25-26(21)4)20(27)24-13(2)15-6-8-16(9-7-15)22(28)29/h5-11,13H,1-4H3,(H,24,27)(H,28,29)/t13-/m0/s1. The average molecular weight is 428 g/mol. The van der Waals surface area contributed by atoms with Crippen LogP contribution in [0.3, 0.4) is 0 Å². The minimum atomic E-state index is -0.998. The van der Waals surface area contributed by atoms with E-state index in [1.165, 1.54) is 16.8 Å². The number of nitrogens with one attached hydrogen (secondary N) is 1. The quantitative estimate of drug-likeness (QED) is 0.596. The molecule has 1 aromatic heterocycles. The number of carboxylic acids is 1. The predicted molar refractivity (Wildman–Crippen MR) is 113 cm³/mol. The molecule has 1 amide bonds. The largest absolute Gasteiger partial charge is 0.478 e. The second-order valence-corrected chi connectivity index (χ2v) is 7.43. The Balaban J connectivity index is 1.83. The Bertz CT molecular complexity index is 1110. The maximum atomic E-state index is 13.0. The lowest BCUT2D eigenvalue weighted by molar-refractivity contribution is 0.0696. The molecule has 0 bridgehead atoms. The highest BCUT2D eigenvalue weighted by atomic mass is 35.5. The van der Waals surface area contributed by atoms with Crippen LogP contribution in [0, 0.1) is 13.8 Å². The average Bonchev–Trinajstić information content (AvgIpc) is 2.97. The maximum Gasteiger partial charge on any atom is 0.335 e. The highest BCUT2D eigenvalue weighted by molar-refractivity contribution is 6.31. The lowest BCUT2D eigenvalue weighted by Crippen LogP contribution is -2.27. The fraction of sp³-hybridized carbons (Fsp3) is 0.227. The van der Waals surface area contributed by atoms with Crippen LogP contribution < -0.4 is 10.1 Å². The number of hydrogen-bond acceptors (Lipinski definition) is 4. The number of halogens is 1. The van der Waals surface area contributed by atoms with Crippen molar-refractivity contribution in [3.63, 3.8) is 0 Å². The smallest absolute Gasteiger partial charge is 0.335 e. The number of aromatic nitrogens is 2. The Kier molecular flexibility index (Phi) is 6.12. The molecule has 0 aliphatic heterocycles. The van der Waals surface area contributed by atoms with Gasteiger partial charge < -0.3 is 15.2 Å². The fourth-order valence-corrected chi connectivity index (χ4v) is 3.20. The molecule has 1 heterocycles. The second kappa shape index (κ2) is 8.59. The Morgan fingerprint density at radius 2 is 1.83 bits per heavy atom. The molecule has 7 nitrogen and oxygen atoms in total. The van der Waals surface area contributed by atoms with Crippen molar-refractivity contribution >= 4 is 23.5 Å². The summed E-state index contributed by atoms with van der Waals surface area (Å²) in [6, 6.07) is 11.3. The van der Waals surface area contributed by atoms with Gasteiger partial charge in [-0.2, -0.15) is 5.10 Å². The Morgan fingerprint density at radius 3 is 2.43 bits per heavy atom. The first-order chi connectivity index (χ1) is 14.2. The van der Waals surface area contributed by atoms with Crippen LogP contribution in [0.25, 0.3) is 0 Å². The van der Waals surface area contributed by atoms with Gasteiger partial charge in [-0.05, 0) is 56.2 Å². The van der Waals surface area contributed by atoms with Crippen molar-refractivity contribution in [3.05, 3.63) is 75.4 Å². The van der Waals surface area contributed by atoms with Crippen LogP contribution in [-0.2, 0) is 7.05 Å². The molecule has 0 radical (unpaired) electrons. The lowest BCUT2D eigenvalue weighted by atomic mass is 10.1. The molecule has 8 heteroatoms. The molecular weight excluding hydrogens is 406 g/mol. The van der Waals surface area contributed by atoms with Crippen LogP contribution in [0.15, 0.2) is 42.5 Å². The predicted octanol–water partition coefficient (Wildman–Crippen LogP) is 4.67. The SMILES string of the molecule is Cc1ccc(Oc2c(C(=O)N[C@@H](C)c3ccc(C(=O)O)cc3)c(C)nn2C)cc1Cl. The third-order valence-electron chi connectivity index (χ3n) is 4.76. The number of rotatable bonds is 6. The number of carbonyl (C=O) groups is 2. The molecule has 0 saturated heterocycles. The number of carbonyl (C=O) groups excluding carboxylic acids is 1. The van der Waals surface area contributed by atoms with Crippen LogP contribution in [0.5, 0.6) is 11.6 Å². The molecule has 0 saturated carbocycles. The molecule has 0 fully saturated rings. The summed E-state index contributed by atoms with van der Waals surface area (Å²) < 4.78 is 7.44. The first-order valence-corrected chi connectivity index (χ1v) is 9.67. The summed E-state index contributed by atoms with van der Waals surface area (Å²) in [6.45, 7) is 5.44. The molecule has 3 rings (SSSR count). The molecule has 30 heavy (non-hydrogen) atoms. The zero-order valence-corrected chi connectivity index (χ0v) is 17.8. The molecule has 0 aliphatic carbocycles. The second-order valence-electron chi connectivity index (χ2n) is 7.02. The molecule has 0 unspecified atom stereocenters. The number of hydrogen-bond donors (Lipinski definition) is 2. The molecule has 2 aromatic carbocycles. The molecule has 3 aromatic rings. The first-order valence-electron chi connectivity index (χ1n) is 9.29. The van der Waals surface area contributed by atoms with E-state index < -0.39 is 5.97 Å². The first kappa shape index (κ1) is 21.4. The van der Waals surface area contributed by atoms with Crippen LogP contribution in [-0.4, -0.2) is 26.8 Å². The van der Waals surface area contributed by atoms with Crippen LogP contribution >= 0.6 is 11.6 Å². The van der Waals surface area contributed by atoms with Crippen molar-refractivity contribution in [1.29, 1.82) is 0 Å². The third kappa shape index (κ3) is 4.46. The van der Waals surface area contributed by atoms with Gasteiger partial charge in [0.2, 0.25) is 5.88 Å². The summed E-state index contributed by atoms with van der Waals surface area (Å²) in [7, 11) is 1.70. The van der Waals surface area contributed by atoms with Gasteiger partial charge in [0.05, 0.1) is 17.3 Å². The van der Waals surface area contributed by atoms with Crippen molar-refractivity contribution in [1.82, 2.24) is 15.1 Å². The Labute approximate surface area is 179 Å². The Hall–Kier alpha value is -3.32. The summed E-state index contributed by atoms with van der Waals surface area (Å²) in [5.41, 5.74) is 2.74. The van der Waals surface area contributed by atoms with Crippen molar-refractivity contribution in [2.24, 2.45) is 7.05 Å². The van der Waals surface area contributed by atoms with Gasteiger partial charge in [0, 0.05) is 12.1 Å². The normalized spacial score (nSPS) is 11.8. The van der Waals surface area contributed by atoms with Gasteiger partial charge in [-0.3, -0.25) is 4.79 Å². The van der Waals surface area contributed by atoms with Gasteiger partial charge in [0.15, 0.2) is 0 Å². The van der Waals surface area contributed by atoms with E-state index in [2.05, 4.69) is 10.4 Å². The van der Waals surface area contributed by atoms with E-state index >= 15 is 0 Å². The monoisotopic (exact) mass is 427 g/mol. The van der Waals surface area contributed by atoms with Gasteiger partial charge in [0.25, 0.3) is 5.91 Å². The minimum Gasteiger partial charge on any atom is -0.478 e. The van der Waals surface area contributed by atoms with E-state index in [-0.39, 0.29) is 17.5 Å². The number of benzene rings is 2. The van der Waals surface area contributed by atoms with Crippen LogP contribution in [0.4, 0.5) is 0 Å². The number of aryl methyl sites for hydroxylation is 3.